The fourth-order valence-corrected chi connectivity index (χ4v) is 4.03. The molecule has 0 unspecified atom stereocenters. The van der Waals surface area contributed by atoms with Crippen molar-refractivity contribution in [3.05, 3.63) is 35.8 Å². The van der Waals surface area contributed by atoms with E-state index in [9.17, 15) is 4.79 Å². The fourth-order valence-electron chi connectivity index (χ4n) is 2.96. The van der Waals surface area contributed by atoms with Gasteiger partial charge in [-0.15, -0.1) is 0 Å². The second kappa shape index (κ2) is 8.51. The van der Waals surface area contributed by atoms with E-state index in [1.807, 2.05) is 25.1 Å². The highest BCUT2D eigenvalue weighted by molar-refractivity contribution is 7.22. The van der Waals surface area contributed by atoms with Gasteiger partial charge in [-0.3, -0.25) is 9.69 Å². The Morgan fingerprint density at radius 1 is 1.31 bits per heavy atom. The SMILES string of the molecule is CC[NH+](CC)CCN(C(=O)C1=COCCO1)c1nc2c(C)cccc2s1. The van der Waals surface area contributed by atoms with Crippen LogP contribution in [-0.4, -0.2) is 50.3 Å². The molecule has 0 saturated carbocycles. The van der Waals surface area contributed by atoms with Gasteiger partial charge in [-0.2, -0.15) is 0 Å². The van der Waals surface area contributed by atoms with Crippen LogP contribution in [0.25, 0.3) is 10.2 Å². The van der Waals surface area contributed by atoms with Crippen LogP contribution in [-0.2, 0) is 14.3 Å². The summed E-state index contributed by atoms with van der Waals surface area (Å²) >= 11 is 1.54. The Bertz CT molecular complexity index is 798. The third kappa shape index (κ3) is 3.99. The number of aromatic nitrogens is 1. The summed E-state index contributed by atoms with van der Waals surface area (Å²) in [6.07, 6.45) is 1.42. The van der Waals surface area contributed by atoms with Crippen molar-refractivity contribution in [3.63, 3.8) is 0 Å². The molecule has 1 aliphatic rings. The molecule has 1 amide bonds. The van der Waals surface area contributed by atoms with E-state index in [1.54, 1.807) is 4.90 Å². The number of para-hydroxylation sites is 1. The molecule has 1 aromatic heterocycles. The lowest BCUT2D eigenvalue weighted by molar-refractivity contribution is -0.894. The van der Waals surface area contributed by atoms with Gasteiger partial charge in [-0.1, -0.05) is 23.5 Å². The number of benzene rings is 1. The number of thiazole rings is 1. The molecule has 3 rings (SSSR count). The van der Waals surface area contributed by atoms with E-state index in [1.165, 1.54) is 22.5 Å². The largest absolute Gasteiger partial charge is 0.494 e. The first kappa shape index (κ1) is 18.7. The summed E-state index contributed by atoms with van der Waals surface area (Å²) in [4.78, 5) is 21.0. The lowest BCUT2D eigenvalue weighted by atomic mass is 10.2. The highest BCUT2D eigenvalue weighted by Crippen LogP contribution is 2.31. The van der Waals surface area contributed by atoms with Crippen molar-refractivity contribution in [2.45, 2.75) is 20.8 Å². The van der Waals surface area contributed by atoms with Crippen molar-refractivity contribution in [3.8, 4) is 0 Å². The molecule has 6 nitrogen and oxygen atoms in total. The number of quaternary nitrogens is 1. The molecule has 0 saturated heterocycles. The summed E-state index contributed by atoms with van der Waals surface area (Å²) in [6.45, 7) is 10.7. The topological polar surface area (TPSA) is 56.1 Å². The number of likely N-dealkylation sites (N-methyl/N-ethyl adjacent to an activating group) is 1. The van der Waals surface area contributed by atoms with Gasteiger partial charge >= 0.3 is 0 Å². The van der Waals surface area contributed by atoms with Crippen LogP contribution in [0.3, 0.4) is 0 Å². The molecule has 1 N–H and O–H groups in total. The molecule has 0 atom stereocenters. The van der Waals surface area contributed by atoms with E-state index in [2.05, 4.69) is 13.8 Å². The van der Waals surface area contributed by atoms with Crippen LogP contribution in [0.1, 0.15) is 19.4 Å². The van der Waals surface area contributed by atoms with E-state index in [-0.39, 0.29) is 11.7 Å². The van der Waals surface area contributed by atoms with Crippen LogP contribution in [0.5, 0.6) is 0 Å². The minimum Gasteiger partial charge on any atom is -0.494 e. The molecule has 2 aromatic rings. The van der Waals surface area contributed by atoms with Gasteiger partial charge in [0.05, 0.1) is 36.4 Å². The maximum absolute atomic E-state index is 13.1. The minimum absolute atomic E-state index is 0.187. The number of fused-ring (bicyclic) bond motifs is 1. The summed E-state index contributed by atoms with van der Waals surface area (Å²) in [7, 11) is 0. The monoisotopic (exact) mass is 376 g/mol. The molecule has 0 bridgehead atoms. The Labute approximate surface area is 158 Å². The molecular weight excluding hydrogens is 350 g/mol. The van der Waals surface area contributed by atoms with Gasteiger partial charge in [0.25, 0.3) is 5.91 Å². The quantitative estimate of drug-likeness (QED) is 0.800. The predicted octanol–water partition coefficient (Wildman–Crippen LogP) is 1.75. The number of ether oxygens (including phenoxy) is 2. The van der Waals surface area contributed by atoms with Crippen molar-refractivity contribution in [1.82, 2.24) is 4.98 Å². The fraction of sp³-hybridized carbons (Fsp3) is 0.474. The molecule has 140 valence electrons. The Hall–Kier alpha value is -2.12. The maximum Gasteiger partial charge on any atom is 0.298 e. The zero-order valence-corrected chi connectivity index (χ0v) is 16.4. The summed E-state index contributed by atoms with van der Waals surface area (Å²) in [5.41, 5.74) is 2.07. The van der Waals surface area contributed by atoms with Gasteiger partial charge in [0.2, 0.25) is 5.76 Å². The summed E-state index contributed by atoms with van der Waals surface area (Å²) in [5, 5.41) is 0.709. The van der Waals surface area contributed by atoms with Crippen molar-refractivity contribution >= 4 is 32.6 Å². The van der Waals surface area contributed by atoms with Crippen molar-refractivity contribution in [2.24, 2.45) is 0 Å². The molecule has 0 fully saturated rings. The van der Waals surface area contributed by atoms with Crippen molar-refractivity contribution < 1.29 is 19.2 Å². The van der Waals surface area contributed by atoms with Crippen LogP contribution in [0.15, 0.2) is 30.2 Å². The summed E-state index contributed by atoms with van der Waals surface area (Å²) in [6, 6.07) is 6.10. The highest BCUT2D eigenvalue weighted by Gasteiger charge is 2.27. The first-order valence-electron chi connectivity index (χ1n) is 9.10. The molecule has 0 spiro atoms. The molecule has 2 heterocycles. The van der Waals surface area contributed by atoms with E-state index in [0.29, 0.717) is 24.9 Å². The van der Waals surface area contributed by atoms with E-state index >= 15 is 0 Å². The molecule has 7 heteroatoms. The molecule has 0 aliphatic carbocycles. The summed E-state index contributed by atoms with van der Waals surface area (Å²) in [5.74, 6) is 0.0646. The van der Waals surface area contributed by atoms with Gasteiger partial charge < -0.3 is 14.4 Å². The number of nitrogens with one attached hydrogen (secondary N) is 1. The number of nitrogens with zero attached hydrogens (tertiary/aromatic N) is 2. The van der Waals surface area contributed by atoms with Crippen molar-refractivity contribution in [1.29, 1.82) is 0 Å². The Kier molecular flexibility index (Phi) is 6.11. The highest BCUT2D eigenvalue weighted by atomic mass is 32.1. The van der Waals surface area contributed by atoms with Crippen LogP contribution in [0, 0.1) is 6.92 Å². The normalized spacial score (nSPS) is 14.1. The smallest absolute Gasteiger partial charge is 0.298 e. The molecule has 1 aromatic carbocycles. The Balaban J connectivity index is 1.91. The van der Waals surface area contributed by atoms with E-state index in [0.717, 1.165) is 35.4 Å². The van der Waals surface area contributed by atoms with Gasteiger partial charge in [0.1, 0.15) is 19.5 Å². The standard InChI is InChI=1S/C19H25N3O3S/c1-4-21(5-2)9-10-22(18(23)15-13-24-11-12-25-15)19-20-17-14(3)7-6-8-16(17)26-19/h6-8,13H,4-5,9-12H2,1-3H3/p+1. The van der Waals surface area contributed by atoms with Gasteiger partial charge in [-0.05, 0) is 32.4 Å². The third-order valence-electron chi connectivity index (χ3n) is 4.63. The second-order valence-electron chi connectivity index (χ2n) is 6.28. The van der Waals surface area contributed by atoms with Crippen molar-refractivity contribution in [2.75, 3.05) is 44.3 Å². The number of hydrogen-bond donors (Lipinski definition) is 1. The summed E-state index contributed by atoms with van der Waals surface area (Å²) < 4.78 is 11.9. The van der Waals surface area contributed by atoms with Gasteiger partial charge in [-0.25, -0.2) is 4.98 Å². The Morgan fingerprint density at radius 2 is 2.12 bits per heavy atom. The lowest BCUT2D eigenvalue weighted by Gasteiger charge is -2.24. The molecule has 1 aliphatic heterocycles. The zero-order valence-electron chi connectivity index (χ0n) is 15.6. The molecule has 26 heavy (non-hydrogen) atoms. The predicted molar refractivity (Wildman–Crippen MR) is 104 cm³/mol. The molecule has 0 radical (unpaired) electrons. The van der Waals surface area contributed by atoms with Crippen LogP contribution >= 0.6 is 11.3 Å². The third-order valence-corrected chi connectivity index (χ3v) is 5.68. The first-order chi connectivity index (χ1) is 12.6. The number of hydrogen-bond acceptors (Lipinski definition) is 5. The number of carbonyl (C=O) groups excluding carboxylic acids is 1. The van der Waals surface area contributed by atoms with E-state index < -0.39 is 0 Å². The number of anilines is 1. The van der Waals surface area contributed by atoms with E-state index in [4.69, 9.17) is 14.5 Å². The number of carbonyl (C=O) groups is 1. The zero-order chi connectivity index (χ0) is 18.5. The van der Waals surface area contributed by atoms with Crippen LogP contribution < -0.4 is 9.80 Å². The average Bonchev–Trinajstić information content (AvgIpc) is 3.11. The van der Waals surface area contributed by atoms with Crippen LogP contribution in [0.2, 0.25) is 0 Å². The molecular formula is C19H26N3O3S+. The average molecular weight is 377 g/mol. The van der Waals surface area contributed by atoms with Gasteiger partial charge in [0, 0.05) is 0 Å². The lowest BCUT2D eigenvalue weighted by Crippen LogP contribution is -3.12. The number of amides is 1. The number of rotatable bonds is 7. The van der Waals surface area contributed by atoms with Gasteiger partial charge in [0.15, 0.2) is 5.13 Å². The van der Waals surface area contributed by atoms with Crippen LogP contribution in [0.4, 0.5) is 5.13 Å². The number of aryl methyl sites for hydroxylation is 1. The first-order valence-corrected chi connectivity index (χ1v) is 9.91. The Morgan fingerprint density at radius 3 is 2.77 bits per heavy atom. The second-order valence-corrected chi connectivity index (χ2v) is 7.29. The minimum atomic E-state index is -0.187. The maximum atomic E-state index is 13.1.